The van der Waals surface area contributed by atoms with E-state index >= 15 is 0 Å². The number of amides is 4. The molecule has 0 radical (unpaired) electrons. The normalized spacial score (nSPS) is 13.6. The first-order chi connectivity index (χ1) is 20.1. The van der Waals surface area contributed by atoms with Crippen LogP contribution in [-0.4, -0.2) is 72.3 Å². The highest BCUT2D eigenvalue weighted by Gasteiger charge is 2.30. The van der Waals surface area contributed by atoms with Crippen LogP contribution < -0.4 is 38.5 Å². The summed E-state index contributed by atoms with van der Waals surface area (Å²) in [5.74, 6) is -1.99. The highest BCUT2D eigenvalue weighted by atomic mass is 32.2. The summed E-state index contributed by atoms with van der Waals surface area (Å²) < 4.78 is 0. The van der Waals surface area contributed by atoms with Crippen LogP contribution >= 0.6 is 11.8 Å². The minimum absolute atomic E-state index is 0.172. The summed E-state index contributed by atoms with van der Waals surface area (Å²) in [4.78, 5) is 51.9. The second-order valence-electron chi connectivity index (χ2n) is 9.84. The van der Waals surface area contributed by atoms with Gasteiger partial charge in [0.15, 0.2) is 5.96 Å². The Balaban J connectivity index is 2.14. The van der Waals surface area contributed by atoms with Crippen LogP contribution in [0.3, 0.4) is 0 Å². The van der Waals surface area contributed by atoms with Crippen molar-refractivity contribution in [1.82, 2.24) is 21.3 Å². The lowest BCUT2D eigenvalue weighted by Gasteiger charge is -2.25. The molecule has 0 saturated heterocycles. The molecule has 2 aromatic rings. The molecule has 0 aromatic heterocycles. The maximum absolute atomic E-state index is 13.4. The van der Waals surface area contributed by atoms with Gasteiger partial charge >= 0.3 is 0 Å². The number of rotatable bonds is 18. The lowest BCUT2D eigenvalue weighted by Crippen LogP contribution is -2.58. The molecule has 0 bridgehead atoms. The Bertz CT molecular complexity index is 1170. The highest BCUT2D eigenvalue weighted by Crippen LogP contribution is 2.08. The molecule has 42 heavy (non-hydrogen) atoms. The van der Waals surface area contributed by atoms with Crippen LogP contribution in [0.5, 0.6) is 0 Å². The van der Waals surface area contributed by atoms with Gasteiger partial charge in [-0.2, -0.15) is 11.8 Å². The number of primary amides is 1. The number of guanidine groups is 1. The largest absolute Gasteiger partial charge is 0.370 e. The van der Waals surface area contributed by atoms with Crippen molar-refractivity contribution in [1.29, 1.82) is 5.41 Å². The van der Waals surface area contributed by atoms with E-state index in [0.29, 0.717) is 31.6 Å². The Morgan fingerprint density at radius 1 is 0.762 bits per heavy atom. The van der Waals surface area contributed by atoms with E-state index in [1.807, 2.05) is 66.9 Å². The fourth-order valence-corrected chi connectivity index (χ4v) is 4.63. The quantitative estimate of drug-likeness (QED) is 0.0648. The fraction of sp³-hybridized carbons (Fsp3) is 0.414. The van der Waals surface area contributed by atoms with Crippen molar-refractivity contribution in [3.63, 3.8) is 0 Å². The number of nitrogens with two attached hydrogens (primary N) is 3. The number of thioether (sulfide) groups is 1. The molecule has 4 atom stereocenters. The molecular formula is C29H42N8O4S. The van der Waals surface area contributed by atoms with Crippen LogP contribution in [0.2, 0.25) is 0 Å². The summed E-state index contributed by atoms with van der Waals surface area (Å²) >= 11 is 1.51. The van der Waals surface area contributed by atoms with Gasteiger partial charge in [-0.1, -0.05) is 60.7 Å². The summed E-state index contributed by atoms with van der Waals surface area (Å²) in [6.07, 6.45) is 3.22. The number of benzene rings is 2. The Hall–Kier alpha value is -4.10. The highest BCUT2D eigenvalue weighted by molar-refractivity contribution is 7.98. The molecule has 2 rings (SSSR count). The standard InChI is InChI=1S/C29H42N8O4S/c1-42-16-14-23(35-26(39)21(30)17-19-9-4-2-5-10-19)28(41)36-22(13-8-15-34-29(32)33)27(40)37-24(25(31)38)18-20-11-6-3-7-12-20/h2-7,9-12,21-24H,8,13-18,30H2,1H3,(H2,31,38)(H,35,39)(H,36,41)(H,37,40)(H4,32,33,34)/t21-,22-,23-,24-/m0/s1. The first-order valence-corrected chi connectivity index (χ1v) is 15.1. The van der Waals surface area contributed by atoms with Crippen molar-refractivity contribution in [3.05, 3.63) is 71.8 Å². The van der Waals surface area contributed by atoms with Gasteiger partial charge in [0.05, 0.1) is 6.04 Å². The van der Waals surface area contributed by atoms with Crippen molar-refractivity contribution in [2.75, 3.05) is 18.6 Å². The molecule has 4 amide bonds. The zero-order valence-corrected chi connectivity index (χ0v) is 24.6. The molecule has 228 valence electrons. The van der Waals surface area contributed by atoms with Crippen LogP contribution in [0.25, 0.3) is 0 Å². The van der Waals surface area contributed by atoms with Crippen molar-refractivity contribution in [3.8, 4) is 0 Å². The molecule has 2 aromatic carbocycles. The van der Waals surface area contributed by atoms with Crippen molar-refractivity contribution in [2.45, 2.75) is 56.3 Å². The maximum atomic E-state index is 13.4. The molecule has 0 heterocycles. The predicted octanol–water partition coefficient (Wildman–Crippen LogP) is -0.245. The van der Waals surface area contributed by atoms with Gasteiger partial charge in [-0.25, -0.2) is 0 Å². The van der Waals surface area contributed by atoms with Gasteiger partial charge in [0.25, 0.3) is 0 Å². The second-order valence-corrected chi connectivity index (χ2v) is 10.8. The smallest absolute Gasteiger partial charge is 0.243 e. The molecule has 12 nitrogen and oxygen atoms in total. The van der Waals surface area contributed by atoms with Crippen LogP contribution in [0.4, 0.5) is 0 Å². The lowest BCUT2D eigenvalue weighted by molar-refractivity contribution is -0.133. The number of hydrogen-bond donors (Lipinski definition) is 8. The van der Waals surface area contributed by atoms with Crippen LogP contribution in [0.1, 0.15) is 30.4 Å². The summed E-state index contributed by atoms with van der Waals surface area (Å²) in [5, 5.41) is 18.1. The van der Waals surface area contributed by atoms with Gasteiger partial charge in [-0.15, -0.1) is 0 Å². The van der Waals surface area contributed by atoms with Gasteiger partial charge in [0.2, 0.25) is 23.6 Å². The Morgan fingerprint density at radius 3 is 1.79 bits per heavy atom. The minimum atomic E-state index is -1.05. The van der Waals surface area contributed by atoms with Crippen molar-refractivity contribution in [2.24, 2.45) is 17.2 Å². The topological polar surface area (TPSA) is 218 Å². The molecule has 0 saturated carbocycles. The summed E-state index contributed by atoms with van der Waals surface area (Å²) in [5.41, 5.74) is 18.8. The summed E-state index contributed by atoms with van der Waals surface area (Å²) in [6, 6.07) is 14.6. The number of carbonyl (C=O) groups is 4. The fourth-order valence-electron chi connectivity index (χ4n) is 4.16. The average molecular weight is 599 g/mol. The van der Waals surface area contributed by atoms with Gasteiger partial charge in [-0.05, 0) is 48.8 Å². The van der Waals surface area contributed by atoms with E-state index in [4.69, 9.17) is 22.6 Å². The van der Waals surface area contributed by atoms with E-state index in [1.54, 1.807) is 0 Å². The number of hydrogen-bond acceptors (Lipinski definition) is 7. The van der Waals surface area contributed by atoms with Crippen LogP contribution in [0.15, 0.2) is 60.7 Å². The molecule has 0 unspecified atom stereocenters. The van der Waals surface area contributed by atoms with Gasteiger partial charge in [-0.3, -0.25) is 24.6 Å². The maximum Gasteiger partial charge on any atom is 0.243 e. The predicted molar refractivity (Wildman–Crippen MR) is 165 cm³/mol. The SMILES string of the molecule is CSCC[C@H](NC(=O)[C@@H](N)Cc1ccccc1)C(=O)N[C@@H](CCCNC(=N)N)C(=O)N[C@@H](Cc1ccccc1)C(N)=O. The summed E-state index contributed by atoms with van der Waals surface area (Å²) in [6.45, 7) is 0.291. The van der Waals surface area contributed by atoms with E-state index in [9.17, 15) is 19.2 Å². The van der Waals surface area contributed by atoms with E-state index in [0.717, 1.165) is 11.1 Å². The van der Waals surface area contributed by atoms with Crippen molar-refractivity contribution < 1.29 is 19.2 Å². The molecule has 13 heteroatoms. The monoisotopic (exact) mass is 598 g/mol. The molecule has 0 fully saturated rings. The molecule has 0 aliphatic carbocycles. The van der Waals surface area contributed by atoms with Crippen LogP contribution in [-0.2, 0) is 32.0 Å². The van der Waals surface area contributed by atoms with Gasteiger partial charge < -0.3 is 38.5 Å². The number of carbonyl (C=O) groups excluding carboxylic acids is 4. The first kappa shape index (κ1) is 34.1. The third-order valence-electron chi connectivity index (χ3n) is 6.44. The van der Waals surface area contributed by atoms with E-state index < -0.39 is 47.8 Å². The molecule has 0 aliphatic rings. The Kier molecular flexibility index (Phi) is 14.9. The molecule has 11 N–H and O–H groups in total. The molecular weight excluding hydrogens is 556 g/mol. The molecule has 0 aliphatic heterocycles. The van der Waals surface area contributed by atoms with E-state index in [2.05, 4.69) is 21.3 Å². The Morgan fingerprint density at radius 2 is 1.26 bits per heavy atom. The zero-order valence-electron chi connectivity index (χ0n) is 23.8. The van der Waals surface area contributed by atoms with E-state index in [1.165, 1.54) is 11.8 Å². The third kappa shape index (κ3) is 12.6. The van der Waals surface area contributed by atoms with Gasteiger partial charge in [0, 0.05) is 13.0 Å². The number of nitrogens with one attached hydrogen (secondary N) is 5. The van der Waals surface area contributed by atoms with Crippen molar-refractivity contribution >= 4 is 41.4 Å². The minimum Gasteiger partial charge on any atom is -0.370 e. The Labute approximate surface area is 250 Å². The van der Waals surface area contributed by atoms with Crippen LogP contribution in [0, 0.1) is 5.41 Å². The first-order valence-electron chi connectivity index (χ1n) is 13.7. The second kappa shape index (κ2) is 18.4. The zero-order chi connectivity index (χ0) is 30.9. The van der Waals surface area contributed by atoms with Gasteiger partial charge in [0.1, 0.15) is 18.1 Å². The average Bonchev–Trinajstić information content (AvgIpc) is 2.96. The molecule has 0 spiro atoms. The lowest BCUT2D eigenvalue weighted by atomic mass is 10.0. The summed E-state index contributed by atoms with van der Waals surface area (Å²) in [7, 11) is 0. The van der Waals surface area contributed by atoms with E-state index in [-0.39, 0.29) is 18.8 Å². The third-order valence-corrected chi connectivity index (χ3v) is 7.08.